The molecule has 3 aliphatic rings. The fraction of sp³-hybridized carbons (Fsp3) is 0.486. The predicted octanol–water partition coefficient (Wildman–Crippen LogP) is 5.19. The van der Waals surface area contributed by atoms with Gasteiger partial charge in [0.15, 0.2) is 0 Å². The second-order valence-electron chi connectivity index (χ2n) is 12.9. The Morgan fingerprint density at radius 3 is 2.47 bits per heavy atom. The second-order valence-corrected chi connectivity index (χ2v) is 14.5. The van der Waals surface area contributed by atoms with E-state index in [0.717, 1.165) is 35.2 Å². The first kappa shape index (κ1) is 33.0. The van der Waals surface area contributed by atoms with E-state index in [2.05, 4.69) is 20.1 Å². The predicted molar refractivity (Wildman–Crippen MR) is 182 cm³/mol. The lowest BCUT2D eigenvalue weighted by atomic mass is 9.65. The fourth-order valence-electron chi connectivity index (χ4n) is 8.07. The summed E-state index contributed by atoms with van der Waals surface area (Å²) in [4.78, 5) is 49.7. The number of hydrogen-bond acceptors (Lipinski definition) is 5. The number of aliphatic hydroxyl groups is 1. The average molecular weight is 630 g/mol. The van der Waals surface area contributed by atoms with E-state index in [1.807, 2.05) is 74.2 Å². The Kier molecular flexibility index (Phi) is 9.94. The Balaban J connectivity index is 1.66. The summed E-state index contributed by atoms with van der Waals surface area (Å²) in [6, 6.07) is 14.3. The van der Waals surface area contributed by atoms with Gasteiger partial charge < -0.3 is 19.8 Å². The number of hydrogen-bond donors (Lipinski definition) is 1. The van der Waals surface area contributed by atoms with E-state index < -0.39 is 28.7 Å². The van der Waals surface area contributed by atoms with Crippen molar-refractivity contribution in [2.45, 2.75) is 69.0 Å². The summed E-state index contributed by atoms with van der Waals surface area (Å²) in [7, 11) is 0. The molecule has 240 valence electrons. The van der Waals surface area contributed by atoms with Gasteiger partial charge in [0.25, 0.3) is 5.91 Å². The minimum Gasteiger partial charge on any atom is -0.394 e. The molecule has 3 amide bonds. The minimum absolute atomic E-state index is 0.0173. The number of fused-ring (bicyclic) bond motifs is 1. The van der Waals surface area contributed by atoms with Gasteiger partial charge in [-0.05, 0) is 61.8 Å². The first-order valence-electron chi connectivity index (χ1n) is 16.2. The molecule has 3 aliphatic heterocycles. The minimum atomic E-state index is -0.849. The number of likely N-dealkylation sites (tertiary alicyclic amines) is 1. The largest absolute Gasteiger partial charge is 0.394 e. The zero-order valence-electron chi connectivity index (χ0n) is 27.0. The van der Waals surface area contributed by atoms with Crippen LogP contribution in [-0.2, 0) is 20.8 Å². The third kappa shape index (κ3) is 5.65. The number of carbonyl (C=O) groups excluding carboxylic acids is 3. The SMILES string of the molecule is C=CCN(CCC)C(=O)[C@@H]1[C@@H]2CC(C)C3(S2)C(C(=O)N(CC=C)c2cc(C)ccc2C)N([C@@H](CO)Cc2ccccc2)C(=O)[C@H]13. The van der Waals surface area contributed by atoms with Crippen LogP contribution in [-0.4, -0.2) is 80.9 Å². The maximum Gasteiger partial charge on any atom is 0.251 e. The molecule has 0 aliphatic carbocycles. The summed E-state index contributed by atoms with van der Waals surface area (Å²) in [6.07, 6.45) is 5.41. The van der Waals surface area contributed by atoms with E-state index in [1.165, 1.54) is 0 Å². The van der Waals surface area contributed by atoms with Crippen LogP contribution in [0.5, 0.6) is 0 Å². The molecule has 3 fully saturated rings. The lowest BCUT2D eigenvalue weighted by Gasteiger charge is -2.42. The Bertz CT molecular complexity index is 1450. The molecule has 3 unspecified atom stereocenters. The molecule has 5 rings (SSSR count). The summed E-state index contributed by atoms with van der Waals surface area (Å²) < 4.78 is -0.799. The van der Waals surface area contributed by atoms with Gasteiger partial charge in [0.2, 0.25) is 11.8 Å². The van der Waals surface area contributed by atoms with Crippen LogP contribution in [0.3, 0.4) is 0 Å². The Morgan fingerprint density at radius 1 is 1.11 bits per heavy atom. The van der Waals surface area contributed by atoms with Crippen LogP contribution in [0.15, 0.2) is 73.8 Å². The van der Waals surface area contributed by atoms with Gasteiger partial charge in [0.1, 0.15) is 6.04 Å². The molecule has 7 atom stereocenters. The second kappa shape index (κ2) is 13.6. The van der Waals surface area contributed by atoms with Crippen molar-refractivity contribution in [1.82, 2.24) is 9.80 Å². The van der Waals surface area contributed by atoms with Gasteiger partial charge in [-0.1, -0.05) is 68.5 Å². The van der Waals surface area contributed by atoms with Gasteiger partial charge in [-0.15, -0.1) is 24.9 Å². The number of carbonyl (C=O) groups is 3. The van der Waals surface area contributed by atoms with E-state index in [1.54, 1.807) is 33.7 Å². The van der Waals surface area contributed by atoms with Crippen molar-refractivity contribution in [3.8, 4) is 0 Å². The molecule has 8 heteroatoms. The first-order valence-corrected chi connectivity index (χ1v) is 17.1. The van der Waals surface area contributed by atoms with Crippen LogP contribution in [0, 0.1) is 31.6 Å². The highest BCUT2D eigenvalue weighted by Gasteiger charge is 2.77. The highest BCUT2D eigenvalue weighted by molar-refractivity contribution is 8.02. The number of anilines is 1. The molecule has 3 heterocycles. The topological polar surface area (TPSA) is 81.2 Å². The van der Waals surface area contributed by atoms with E-state index in [9.17, 15) is 14.7 Å². The van der Waals surface area contributed by atoms with E-state index in [-0.39, 0.29) is 42.0 Å². The highest BCUT2D eigenvalue weighted by atomic mass is 32.2. The van der Waals surface area contributed by atoms with E-state index in [4.69, 9.17) is 0 Å². The van der Waals surface area contributed by atoms with Crippen LogP contribution in [0.2, 0.25) is 0 Å². The standard InChI is InChI=1S/C37H47N3O4S/c1-7-17-38(18-8-2)34(42)31-30-21-26(6)37(45-30)32(31)35(43)40(28(23-41)22-27-13-11-10-12-14-27)33(37)36(44)39(19-9-3)29-20-24(4)15-16-25(29)5/h7,9-16,20,26,28,30-33,41H,1,3,8,17-19,21-23H2,2,4-6H3/t26?,28-,30+,31-,32+,33?,37?/m1/s1. The van der Waals surface area contributed by atoms with Crippen molar-refractivity contribution in [3.05, 3.63) is 90.5 Å². The Morgan fingerprint density at radius 2 is 1.82 bits per heavy atom. The van der Waals surface area contributed by atoms with E-state index in [0.29, 0.717) is 19.5 Å². The molecule has 45 heavy (non-hydrogen) atoms. The summed E-state index contributed by atoms with van der Waals surface area (Å²) in [5, 5.41) is 10.8. The normalized spacial score (nSPS) is 27.3. The van der Waals surface area contributed by atoms with Gasteiger partial charge >= 0.3 is 0 Å². The molecule has 2 aromatic carbocycles. The van der Waals surface area contributed by atoms with Crippen LogP contribution in [0.1, 0.15) is 43.4 Å². The van der Waals surface area contributed by atoms with Crippen molar-refractivity contribution in [2.24, 2.45) is 17.8 Å². The molecule has 1 spiro atoms. The molecule has 0 saturated carbocycles. The number of aryl methyl sites for hydroxylation is 2. The number of benzene rings is 2. The number of nitrogens with zero attached hydrogens (tertiary/aromatic N) is 3. The van der Waals surface area contributed by atoms with Crippen LogP contribution in [0.4, 0.5) is 5.69 Å². The van der Waals surface area contributed by atoms with Crippen molar-refractivity contribution < 1.29 is 19.5 Å². The average Bonchev–Trinajstić information content (AvgIpc) is 3.63. The lowest BCUT2D eigenvalue weighted by Crippen LogP contribution is -2.60. The van der Waals surface area contributed by atoms with Gasteiger partial charge in [-0.25, -0.2) is 0 Å². The van der Waals surface area contributed by atoms with Gasteiger partial charge in [-0.2, -0.15) is 0 Å². The number of aliphatic hydroxyl groups excluding tert-OH is 1. The summed E-state index contributed by atoms with van der Waals surface area (Å²) in [5.74, 6) is -1.58. The third-order valence-corrected chi connectivity index (χ3v) is 12.1. The molecule has 0 aromatic heterocycles. The van der Waals surface area contributed by atoms with Crippen LogP contribution in [0.25, 0.3) is 0 Å². The zero-order valence-corrected chi connectivity index (χ0v) is 27.8. The number of rotatable bonds is 13. The van der Waals surface area contributed by atoms with Crippen molar-refractivity contribution in [3.63, 3.8) is 0 Å². The number of amides is 3. The van der Waals surface area contributed by atoms with E-state index >= 15 is 4.79 Å². The molecular weight excluding hydrogens is 582 g/mol. The van der Waals surface area contributed by atoms with Crippen molar-refractivity contribution >= 4 is 35.2 Å². The maximum atomic E-state index is 15.2. The summed E-state index contributed by atoms with van der Waals surface area (Å²) >= 11 is 1.67. The Labute approximate surface area is 272 Å². The molecule has 3 saturated heterocycles. The Hall–Kier alpha value is -3.36. The smallest absolute Gasteiger partial charge is 0.251 e. The monoisotopic (exact) mass is 629 g/mol. The number of thioether (sulfide) groups is 1. The summed E-state index contributed by atoms with van der Waals surface area (Å²) in [6.45, 7) is 17.0. The first-order chi connectivity index (χ1) is 21.6. The van der Waals surface area contributed by atoms with Crippen LogP contribution < -0.4 is 4.90 Å². The highest BCUT2D eigenvalue weighted by Crippen LogP contribution is 2.69. The van der Waals surface area contributed by atoms with Crippen LogP contribution >= 0.6 is 11.8 Å². The third-order valence-electron chi connectivity index (χ3n) is 10.0. The molecule has 1 N–H and O–H groups in total. The van der Waals surface area contributed by atoms with Gasteiger partial charge in [0, 0.05) is 30.6 Å². The van der Waals surface area contributed by atoms with Crippen molar-refractivity contribution in [1.29, 1.82) is 0 Å². The molecule has 2 bridgehead atoms. The molecule has 7 nitrogen and oxygen atoms in total. The van der Waals surface area contributed by atoms with Gasteiger partial charge in [-0.3, -0.25) is 14.4 Å². The molecule has 0 radical (unpaired) electrons. The van der Waals surface area contributed by atoms with Gasteiger partial charge in [0.05, 0.1) is 29.2 Å². The fourth-order valence-corrected chi connectivity index (χ4v) is 10.5. The quantitative estimate of drug-likeness (QED) is 0.309. The lowest BCUT2D eigenvalue weighted by molar-refractivity contribution is -0.145. The maximum absolute atomic E-state index is 15.2. The molecule has 2 aromatic rings. The summed E-state index contributed by atoms with van der Waals surface area (Å²) in [5.41, 5.74) is 3.74. The van der Waals surface area contributed by atoms with Crippen molar-refractivity contribution in [2.75, 3.05) is 31.1 Å². The molecular formula is C37H47N3O4S. The zero-order chi connectivity index (χ0) is 32.5.